The van der Waals surface area contributed by atoms with Crippen LogP contribution in [0.2, 0.25) is 0 Å². The second kappa shape index (κ2) is 5.85. The molecular weight excluding hydrogens is 277 g/mol. The van der Waals surface area contributed by atoms with Gasteiger partial charge in [0, 0.05) is 18.9 Å². The fraction of sp³-hybridized carbons (Fsp3) is 0.818. The lowest BCUT2D eigenvalue weighted by Gasteiger charge is -2.26. The summed E-state index contributed by atoms with van der Waals surface area (Å²) < 4.78 is 33.7. The largest absolute Gasteiger partial charge is 0.480 e. The first-order chi connectivity index (χ1) is 8.60. The highest BCUT2D eigenvalue weighted by molar-refractivity contribution is 7.86. The molecule has 1 unspecified atom stereocenters. The van der Waals surface area contributed by atoms with Crippen molar-refractivity contribution in [2.45, 2.75) is 32.7 Å². The van der Waals surface area contributed by atoms with E-state index in [0.29, 0.717) is 0 Å². The normalized spacial score (nSPS) is 22.0. The molecule has 0 saturated carbocycles. The van der Waals surface area contributed by atoms with Crippen molar-refractivity contribution in [2.24, 2.45) is 11.8 Å². The summed E-state index contributed by atoms with van der Waals surface area (Å²) in [6.07, 6.45) is 0.168. The third kappa shape index (κ3) is 4.77. The monoisotopic (exact) mass is 295 g/mol. The topological polar surface area (TPSA) is 91.8 Å². The first-order valence-electron chi connectivity index (χ1n) is 6.04. The number of rotatable bonds is 6. The van der Waals surface area contributed by atoms with E-state index in [9.17, 15) is 21.9 Å². The molecule has 0 aromatic rings. The van der Waals surface area contributed by atoms with Gasteiger partial charge in [-0.05, 0) is 12.3 Å². The summed E-state index contributed by atoms with van der Waals surface area (Å²) in [6.45, 7) is 3.64. The van der Waals surface area contributed by atoms with Gasteiger partial charge in [-0.2, -0.15) is 8.42 Å². The fourth-order valence-electron chi connectivity index (χ4n) is 2.31. The molecule has 6 nitrogen and oxygen atoms in total. The molecule has 1 N–H and O–H groups in total. The van der Waals surface area contributed by atoms with E-state index in [1.807, 2.05) is 13.8 Å². The summed E-state index contributed by atoms with van der Waals surface area (Å²) >= 11 is 0. The van der Waals surface area contributed by atoms with Crippen molar-refractivity contribution in [3.8, 4) is 0 Å². The van der Waals surface area contributed by atoms with Gasteiger partial charge >= 0.3 is 16.2 Å². The number of carbonyl (C=O) groups is 2. The number of aliphatic carboxylic acids is 1. The molecule has 1 aliphatic rings. The Morgan fingerprint density at radius 1 is 1.53 bits per heavy atom. The Morgan fingerprint density at radius 3 is 2.53 bits per heavy atom. The lowest BCUT2D eigenvalue weighted by atomic mass is 10.0. The Labute approximate surface area is 111 Å². The van der Waals surface area contributed by atoms with Gasteiger partial charge in [0.25, 0.3) is 0 Å². The Morgan fingerprint density at radius 2 is 2.11 bits per heavy atom. The maximum atomic E-state index is 12.6. The van der Waals surface area contributed by atoms with E-state index in [4.69, 9.17) is 5.11 Å². The van der Waals surface area contributed by atoms with Crippen LogP contribution in [0.1, 0.15) is 26.7 Å². The molecule has 0 aromatic heterocycles. The van der Waals surface area contributed by atoms with E-state index < -0.39 is 39.8 Å². The van der Waals surface area contributed by atoms with Crippen molar-refractivity contribution in [1.82, 2.24) is 4.90 Å². The molecule has 19 heavy (non-hydrogen) atoms. The number of likely N-dealkylation sites (tertiary alicyclic amines) is 1. The Kier molecular flexibility index (Phi) is 4.89. The Bertz CT molecular complexity index is 462. The van der Waals surface area contributed by atoms with Gasteiger partial charge in [-0.1, -0.05) is 13.8 Å². The van der Waals surface area contributed by atoms with Crippen molar-refractivity contribution < 1.29 is 27.0 Å². The zero-order chi connectivity index (χ0) is 14.8. The van der Waals surface area contributed by atoms with Gasteiger partial charge < -0.3 is 10.0 Å². The van der Waals surface area contributed by atoms with Crippen LogP contribution in [0.15, 0.2) is 0 Å². The van der Waals surface area contributed by atoms with Crippen molar-refractivity contribution in [1.29, 1.82) is 0 Å². The molecule has 110 valence electrons. The van der Waals surface area contributed by atoms with Crippen LogP contribution < -0.4 is 0 Å². The molecule has 0 spiro atoms. The molecule has 0 aliphatic carbocycles. The predicted octanol–water partition coefficient (Wildman–Crippen LogP) is 0.634. The van der Waals surface area contributed by atoms with Crippen LogP contribution in [0.3, 0.4) is 0 Å². The third-order valence-corrected chi connectivity index (χ3v) is 3.90. The maximum absolute atomic E-state index is 12.6. The summed E-state index contributed by atoms with van der Waals surface area (Å²) in [5.74, 6) is -2.87. The minimum Gasteiger partial charge on any atom is -0.480 e. The molecule has 1 fully saturated rings. The second-order valence-corrected chi connectivity index (χ2v) is 6.72. The second-order valence-electron chi connectivity index (χ2n) is 5.31. The summed E-state index contributed by atoms with van der Waals surface area (Å²) in [6, 6.07) is -0.972. The minimum atomic E-state index is -4.65. The fourth-order valence-corrected chi connectivity index (χ4v) is 3.10. The molecule has 1 amide bonds. The zero-order valence-electron chi connectivity index (χ0n) is 10.9. The number of carboxylic acids is 1. The van der Waals surface area contributed by atoms with Gasteiger partial charge in [0.05, 0.1) is 5.75 Å². The SMILES string of the molecule is CC(C)C[C@@H](C(=O)O)N1CC(CS(=O)(=O)F)CC1=O. The van der Waals surface area contributed by atoms with Gasteiger partial charge in [-0.3, -0.25) is 4.79 Å². The van der Waals surface area contributed by atoms with E-state index in [0.717, 1.165) is 4.90 Å². The van der Waals surface area contributed by atoms with Crippen molar-refractivity contribution in [2.75, 3.05) is 12.3 Å². The third-order valence-electron chi connectivity index (χ3n) is 3.03. The van der Waals surface area contributed by atoms with E-state index in [1.54, 1.807) is 0 Å². The average molecular weight is 295 g/mol. The van der Waals surface area contributed by atoms with Gasteiger partial charge in [-0.25, -0.2) is 4.79 Å². The maximum Gasteiger partial charge on any atom is 0.326 e. The lowest BCUT2D eigenvalue weighted by molar-refractivity contribution is -0.149. The summed E-state index contributed by atoms with van der Waals surface area (Å²) in [4.78, 5) is 24.1. The molecule has 1 aliphatic heterocycles. The van der Waals surface area contributed by atoms with Crippen LogP contribution in [0.25, 0.3) is 0 Å². The van der Waals surface area contributed by atoms with Crippen LogP contribution in [0, 0.1) is 11.8 Å². The smallest absolute Gasteiger partial charge is 0.326 e. The molecule has 2 atom stereocenters. The van der Waals surface area contributed by atoms with Gasteiger partial charge in [-0.15, -0.1) is 3.89 Å². The number of nitrogens with zero attached hydrogens (tertiary/aromatic N) is 1. The highest BCUT2D eigenvalue weighted by atomic mass is 32.3. The number of hydrogen-bond donors (Lipinski definition) is 1. The van der Waals surface area contributed by atoms with E-state index in [-0.39, 0.29) is 25.3 Å². The van der Waals surface area contributed by atoms with Gasteiger partial charge in [0.1, 0.15) is 6.04 Å². The lowest BCUT2D eigenvalue weighted by Crippen LogP contribution is -2.43. The predicted molar refractivity (Wildman–Crippen MR) is 65.6 cm³/mol. The number of hydrogen-bond acceptors (Lipinski definition) is 4. The summed E-state index contributed by atoms with van der Waals surface area (Å²) in [5, 5.41) is 9.13. The number of halogens is 1. The van der Waals surface area contributed by atoms with Crippen molar-refractivity contribution >= 4 is 22.1 Å². The van der Waals surface area contributed by atoms with Crippen LogP contribution in [0.4, 0.5) is 3.89 Å². The van der Waals surface area contributed by atoms with E-state index in [2.05, 4.69) is 0 Å². The Balaban J connectivity index is 2.77. The molecule has 1 rings (SSSR count). The highest BCUT2D eigenvalue weighted by Gasteiger charge is 2.39. The molecule has 0 aromatic carbocycles. The van der Waals surface area contributed by atoms with Crippen LogP contribution in [-0.4, -0.2) is 48.6 Å². The molecular formula is C11H18FNO5S. The molecule has 0 bridgehead atoms. The number of carboxylic acid groups (broad SMARTS) is 1. The van der Waals surface area contributed by atoms with E-state index >= 15 is 0 Å². The summed E-state index contributed by atoms with van der Waals surface area (Å²) in [7, 11) is -4.65. The minimum absolute atomic E-state index is 0.0222. The standard InChI is InChI=1S/C11H18FNO5S/c1-7(2)3-9(11(15)16)13-5-8(4-10(13)14)6-19(12,17)18/h7-9H,3-6H2,1-2H3,(H,15,16)/t8?,9-/m0/s1. The van der Waals surface area contributed by atoms with Crippen LogP contribution in [-0.2, 0) is 19.8 Å². The van der Waals surface area contributed by atoms with Crippen molar-refractivity contribution in [3.63, 3.8) is 0 Å². The van der Waals surface area contributed by atoms with Crippen LogP contribution >= 0.6 is 0 Å². The average Bonchev–Trinajstić information content (AvgIpc) is 2.52. The quantitative estimate of drug-likeness (QED) is 0.726. The first-order valence-corrected chi connectivity index (χ1v) is 7.60. The molecule has 1 heterocycles. The van der Waals surface area contributed by atoms with Gasteiger partial charge in [0.2, 0.25) is 5.91 Å². The number of amides is 1. The Hall–Kier alpha value is -1.18. The van der Waals surface area contributed by atoms with E-state index in [1.165, 1.54) is 0 Å². The highest BCUT2D eigenvalue weighted by Crippen LogP contribution is 2.25. The molecule has 1 saturated heterocycles. The van der Waals surface area contributed by atoms with Crippen LogP contribution in [0.5, 0.6) is 0 Å². The van der Waals surface area contributed by atoms with Crippen molar-refractivity contribution in [3.05, 3.63) is 0 Å². The zero-order valence-corrected chi connectivity index (χ0v) is 11.7. The molecule has 0 radical (unpaired) electrons. The first kappa shape index (κ1) is 15.9. The van der Waals surface area contributed by atoms with Gasteiger partial charge in [0.15, 0.2) is 0 Å². The number of carbonyl (C=O) groups excluding carboxylic acids is 1. The summed E-state index contributed by atoms with van der Waals surface area (Å²) in [5.41, 5.74) is 0. The molecule has 8 heteroatoms.